The van der Waals surface area contributed by atoms with E-state index in [-0.39, 0.29) is 33.9 Å². The Morgan fingerprint density at radius 1 is 1.19 bits per heavy atom. The van der Waals surface area contributed by atoms with Gasteiger partial charge in [0.25, 0.3) is 5.69 Å². The fraction of sp³-hybridized carbons (Fsp3) is 0.211. The average molecular weight is 388 g/mol. The van der Waals surface area contributed by atoms with E-state index in [4.69, 9.17) is 0 Å². The molecule has 0 spiro atoms. The van der Waals surface area contributed by atoms with Crippen molar-refractivity contribution in [1.82, 2.24) is 4.72 Å². The van der Waals surface area contributed by atoms with E-state index in [1.165, 1.54) is 30.3 Å². The summed E-state index contributed by atoms with van der Waals surface area (Å²) in [6, 6.07) is 10.6. The Labute approximate surface area is 157 Å². The number of nitrogens with zero attached hydrogens (tertiary/aromatic N) is 1. The van der Waals surface area contributed by atoms with Crippen molar-refractivity contribution < 1.29 is 18.1 Å². The quantitative estimate of drug-likeness (QED) is 0.423. The van der Waals surface area contributed by atoms with E-state index in [0.717, 1.165) is 5.56 Å². The number of carbonyl (C=O) groups excluding carboxylic acids is 1. The van der Waals surface area contributed by atoms with Gasteiger partial charge < -0.3 is 0 Å². The number of hydrogen-bond donors (Lipinski definition) is 1. The molecule has 0 heterocycles. The van der Waals surface area contributed by atoms with Gasteiger partial charge in [0.1, 0.15) is 0 Å². The van der Waals surface area contributed by atoms with Gasteiger partial charge in [-0.25, -0.2) is 8.42 Å². The molecule has 1 unspecified atom stereocenters. The highest BCUT2D eigenvalue weighted by Crippen LogP contribution is 2.31. The Morgan fingerprint density at radius 2 is 1.78 bits per heavy atom. The summed E-state index contributed by atoms with van der Waals surface area (Å²) in [6.07, 6.45) is 0.0994. The largest absolute Gasteiger partial charge is 0.295 e. The lowest BCUT2D eigenvalue weighted by atomic mass is 9.95. The minimum atomic E-state index is -4.04. The fourth-order valence-electron chi connectivity index (χ4n) is 2.55. The first-order chi connectivity index (χ1) is 12.7. The molecule has 2 rings (SSSR count). The van der Waals surface area contributed by atoms with Gasteiger partial charge in [0, 0.05) is 18.1 Å². The second-order valence-electron chi connectivity index (χ2n) is 5.99. The normalized spacial score (nSPS) is 12.4. The summed E-state index contributed by atoms with van der Waals surface area (Å²) < 4.78 is 28.0. The maximum absolute atomic E-state index is 12.8. The van der Waals surface area contributed by atoms with Crippen LogP contribution in [0.25, 0.3) is 0 Å². The maximum Gasteiger partial charge on any atom is 0.274 e. The van der Waals surface area contributed by atoms with Crippen molar-refractivity contribution in [3.05, 3.63) is 81.9 Å². The lowest BCUT2D eigenvalue weighted by Crippen LogP contribution is -2.32. The average Bonchev–Trinajstić information content (AvgIpc) is 2.65. The molecule has 2 aromatic carbocycles. The standard InChI is InChI=1S/C19H20N2O5S/c1-4-18(22)14(3)19(16-7-5-6-8-17(16)21(23)24)20-27(25,26)15-11-9-13(2)10-12-15/h5-12,19-20H,3-4H2,1-2H3. The number of carbonyl (C=O) groups is 1. The number of hydrogen-bond acceptors (Lipinski definition) is 5. The Morgan fingerprint density at radius 3 is 2.33 bits per heavy atom. The zero-order valence-corrected chi connectivity index (χ0v) is 15.8. The minimum Gasteiger partial charge on any atom is -0.295 e. The number of benzene rings is 2. The number of nitro benzene ring substituents is 1. The summed E-state index contributed by atoms with van der Waals surface area (Å²) in [6.45, 7) is 7.13. The van der Waals surface area contributed by atoms with Crippen molar-refractivity contribution in [3.8, 4) is 0 Å². The van der Waals surface area contributed by atoms with E-state index in [0.29, 0.717) is 0 Å². The predicted molar refractivity (Wildman–Crippen MR) is 102 cm³/mol. The third-order valence-electron chi connectivity index (χ3n) is 4.08. The SMILES string of the molecule is C=C(C(=O)CC)C(NS(=O)(=O)c1ccc(C)cc1)c1ccccc1[N+](=O)[O-]. The lowest BCUT2D eigenvalue weighted by Gasteiger charge is -2.20. The summed E-state index contributed by atoms with van der Waals surface area (Å²) in [5, 5.41) is 11.4. The van der Waals surface area contributed by atoms with Crippen LogP contribution in [0.3, 0.4) is 0 Å². The van der Waals surface area contributed by atoms with E-state index >= 15 is 0 Å². The number of aryl methyl sites for hydroxylation is 1. The Kier molecular flexibility index (Phi) is 6.24. The number of nitro groups is 1. The number of nitrogens with one attached hydrogen (secondary N) is 1. The smallest absolute Gasteiger partial charge is 0.274 e. The molecule has 0 aliphatic carbocycles. The number of Topliss-reactive ketones (excluding diaryl/α,β-unsaturated/α-hetero) is 1. The molecular formula is C19H20N2O5S. The van der Waals surface area contributed by atoms with Crippen LogP contribution < -0.4 is 4.72 Å². The molecule has 0 bridgehead atoms. The Balaban J connectivity index is 2.55. The number of rotatable bonds is 8. The summed E-state index contributed by atoms with van der Waals surface area (Å²) >= 11 is 0. The third-order valence-corrected chi connectivity index (χ3v) is 5.52. The summed E-state index contributed by atoms with van der Waals surface area (Å²) in [5.41, 5.74) is 0.599. The van der Waals surface area contributed by atoms with Crippen LogP contribution in [0.1, 0.15) is 30.5 Å². The van der Waals surface area contributed by atoms with Crippen LogP contribution >= 0.6 is 0 Å². The Hall–Kier alpha value is -2.84. The molecule has 0 aliphatic heterocycles. The molecule has 0 saturated carbocycles. The molecule has 8 heteroatoms. The van der Waals surface area contributed by atoms with Gasteiger partial charge in [0.15, 0.2) is 5.78 Å². The molecule has 0 aliphatic rings. The number of para-hydroxylation sites is 1. The highest BCUT2D eigenvalue weighted by Gasteiger charge is 2.31. The molecule has 0 saturated heterocycles. The van der Waals surface area contributed by atoms with E-state index < -0.39 is 21.0 Å². The molecule has 1 N–H and O–H groups in total. The van der Waals surface area contributed by atoms with Gasteiger partial charge >= 0.3 is 0 Å². The molecule has 1 atom stereocenters. The highest BCUT2D eigenvalue weighted by atomic mass is 32.2. The first-order valence-corrected chi connectivity index (χ1v) is 9.70. The van der Waals surface area contributed by atoms with Gasteiger partial charge in [-0.2, -0.15) is 4.72 Å². The van der Waals surface area contributed by atoms with Gasteiger partial charge in [-0.15, -0.1) is 0 Å². The maximum atomic E-state index is 12.8. The van der Waals surface area contributed by atoms with Crippen LogP contribution in [0.2, 0.25) is 0 Å². The van der Waals surface area contributed by atoms with Crippen molar-refractivity contribution in [2.45, 2.75) is 31.2 Å². The van der Waals surface area contributed by atoms with E-state index in [2.05, 4.69) is 11.3 Å². The van der Waals surface area contributed by atoms with Crippen LogP contribution in [-0.2, 0) is 14.8 Å². The molecule has 2 aromatic rings. The van der Waals surface area contributed by atoms with Crippen LogP contribution in [0, 0.1) is 17.0 Å². The topological polar surface area (TPSA) is 106 Å². The van der Waals surface area contributed by atoms with Gasteiger partial charge in [0.05, 0.1) is 21.4 Å². The zero-order valence-electron chi connectivity index (χ0n) is 15.0. The predicted octanol–water partition coefficient (Wildman–Crippen LogP) is 3.46. The van der Waals surface area contributed by atoms with E-state index in [9.17, 15) is 23.3 Å². The van der Waals surface area contributed by atoms with Crippen molar-refractivity contribution in [1.29, 1.82) is 0 Å². The molecule has 0 aromatic heterocycles. The molecule has 7 nitrogen and oxygen atoms in total. The summed E-state index contributed by atoms with van der Waals surface area (Å²) in [5.74, 6) is -0.384. The molecular weight excluding hydrogens is 368 g/mol. The van der Waals surface area contributed by atoms with Crippen LogP contribution in [0.5, 0.6) is 0 Å². The second kappa shape index (κ2) is 8.24. The molecule has 0 amide bonds. The summed E-state index contributed by atoms with van der Waals surface area (Å²) in [4.78, 5) is 22.9. The van der Waals surface area contributed by atoms with Crippen molar-refractivity contribution in [2.24, 2.45) is 0 Å². The molecule has 27 heavy (non-hydrogen) atoms. The Bertz CT molecular complexity index is 981. The lowest BCUT2D eigenvalue weighted by molar-refractivity contribution is -0.385. The first-order valence-electron chi connectivity index (χ1n) is 8.21. The van der Waals surface area contributed by atoms with Gasteiger partial charge in [0.2, 0.25) is 10.0 Å². The van der Waals surface area contributed by atoms with E-state index in [1.54, 1.807) is 25.1 Å². The van der Waals surface area contributed by atoms with Crippen LogP contribution in [0.15, 0.2) is 65.6 Å². The fourth-order valence-corrected chi connectivity index (χ4v) is 3.76. The zero-order chi connectivity index (χ0) is 20.2. The monoisotopic (exact) mass is 388 g/mol. The van der Waals surface area contributed by atoms with Gasteiger partial charge in [-0.3, -0.25) is 14.9 Å². The van der Waals surface area contributed by atoms with Crippen molar-refractivity contribution in [2.75, 3.05) is 0 Å². The minimum absolute atomic E-state index is 0.00608. The van der Waals surface area contributed by atoms with Gasteiger partial charge in [-0.05, 0) is 19.1 Å². The first kappa shape index (κ1) is 20.5. The second-order valence-corrected chi connectivity index (χ2v) is 7.70. The van der Waals surface area contributed by atoms with Crippen LogP contribution in [-0.4, -0.2) is 19.1 Å². The van der Waals surface area contributed by atoms with Crippen LogP contribution in [0.4, 0.5) is 5.69 Å². The third kappa shape index (κ3) is 4.66. The van der Waals surface area contributed by atoms with Crippen molar-refractivity contribution in [3.63, 3.8) is 0 Å². The highest BCUT2D eigenvalue weighted by molar-refractivity contribution is 7.89. The number of ketones is 1. The molecule has 0 radical (unpaired) electrons. The van der Waals surface area contributed by atoms with Gasteiger partial charge in [-0.1, -0.05) is 49.4 Å². The summed E-state index contributed by atoms with van der Waals surface area (Å²) in [7, 11) is -4.04. The molecule has 142 valence electrons. The number of sulfonamides is 1. The molecule has 0 fully saturated rings. The van der Waals surface area contributed by atoms with E-state index in [1.807, 2.05) is 6.92 Å². The van der Waals surface area contributed by atoms with Crippen molar-refractivity contribution >= 4 is 21.5 Å².